The summed E-state index contributed by atoms with van der Waals surface area (Å²) in [6.45, 7) is -0.482. The van der Waals surface area contributed by atoms with Crippen molar-refractivity contribution in [2.45, 2.75) is 30.7 Å². The number of carbonyl (C=O) groups excluding carboxylic acids is 1. The van der Waals surface area contributed by atoms with Gasteiger partial charge in [-0.25, -0.2) is 0 Å². The van der Waals surface area contributed by atoms with Crippen molar-refractivity contribution in [2.75, 3.05) is 6.61 Å². The number of aliphatic hydroxyl groups is 3. The van der Waals surface area contributed by atoms with Crippen LogP contribution in [0.25, 0.3) is 28.7 Å². The summed E-state index contributed by atoms with van der Waals surface area (Å²) in [7, 11) is 0. The van der Waals surface area contributed by atoms with Gasteiger partial charge < -0.3 is 59.2 Å². The Bertz CT molecular complexity index is 1680. The van der Waals surface area contributed by atoms with Crippen LogP contribution in [0.1, 0.15) is 5.56 Å². The van der Waals surface area contributed by atoms with Crippen LogP contribution in [-0.4, -0.2) is 83.8 Å². The Morgan fingerprint density at radius 1 is 0.860 bits per heavy atom. The Morgan fingerprint density at radius 2 is 1.60 bits per heavy atom. The first-order valence-electron chi connectivity index (χ1n) is 12.9. The van der Waals surface area contributed by atoms with Crippen molar-refractivity contribution in [1.82, 2.24) is 0 Å². The monoisotopic (exact) mass is 595 g/mol. The van der Waals surface area contributed by atoms with Gasteiger partial charge in [0.25, 0.3) is 0 Å². The third kappa shape index (κ3) is 6.39. The van der Waals surface area contributed by atoms with Gasteiger partial charge in [0.1, 0.15) is 35.6 Å². The molecule has 1 aliphatic carbocycles. The predicted octanol–water partition coefficient (Wildman–Crippen LogP) is 1.65. The average molecular weight is 596 g/mol. The van der Waals surface area contributed by atoms with Crippen LogP contribution >= 0.6 is 0 Å². The smallest absolute Gasteiger partial charge is 0.508 e. The van der Waals surface area contributed by atoms with Gasteiger partial charge in [-0.05, 0) is 48.0 Å². The van der Waals surface area contributed by atoms with Gasteiger partial charge in [-0.1, -0.05) is 12.1 Å². The minimum absolute atomic E-state index is 0.0434. The van der Waals surface area contributed by atoms with E-state index < -0.39 is 66.0 Å². The number of phenolic OH excluding ortho intramolecular Hbond substituents is 4. The van der Waals surface area contributed by atoms with Crippen molar-refractivity contribution in [2.24, 2.45) is 0 Å². The average Bonchev–Trinajstić information content (AvgIpc) is 2.98. The lowest BCUT2D eigenvalue weighted by Crippen LogP contribution is -2.60. The highest BCUT2D eigenvalue weighted by Gasteiger charge is 2.47. The second-order valence-corrected chi connectivity index (χ2v) is 9.70. The molecule has 1 saturated heterocycles. The second kappa shape index (κ2) is 12.0. The van der Waals surface area contributed by atoms with E-state index in [-0.39, 0.29) is 34.1 Å². The molecule has 0 radical (unpaired) electrons. The van der Waals surface area contributed by atoms with Gasteiger partial charge in [0.05, 0.1) is 11.6 Å². The van der Waals surface area contributed by atoms with Crippen LogP contribution in [0.3, 0.4) is 0 Å². The number of ether oxygens (including phenoxy) is 3. The third-order valence-electron chi connectivity index (χ3n) is 6.66. The highest BCUT2D eigenvalue weighted by atomic mass is 16.7. The molecule has 0 spiro atoms. The normalized spacial score (nSPS) is 22.1. The van der Waals surface area contributed by atoms with E-state index in [1.54, 1.807) is 12.1 Å². The van der Waals surface area contributed by atoms with E-state index in [1.807, 2.05) is 0 Å². The largest absolute Gasteiger partial charge is 0.510 e. The van der Waals surface area contributed by atoms with Crippen LogP contribution < -0.4 is 10.2 Å². The molecule has 1 fully saturated rings. The van der Waals surface area contributed by atoms with Crippen LogP contribution in [0.2, 0.25) is 0 Å². The molecular weight excluding hydrogens is 568 g/mol. The van der Waals surface area contributed by atoms with Crippen LogP contribution in [0.15, 0.2) is 76.0 Å². The maximum atomic E-state index is 12.0. The maximum Gasteiger partial charge on any atom is 0.510 e. The topological polar surface area (TPSA) is 221 Å². The van der Waals surface area contributed by atoms with Gasteiger partial charge in [-0.3, -0.25) is 4.79 Å². The standard InChI is InChI=1S/C30H26O13/c31-16-5-1-14(2-6-16)3-8-25(36)40-13-24-26(37)27(38)28(39)30(43-24)42-23-12-18-20(34)10-17(32)11-22(18)41-29(23)15-4-7-19(33)21(35)9-15/h1-12,24,26-28,30-31,33-35,37-39H,13H2/p+1. The van der Waals surface area contributed by atoms with Crippen molar-refractivity contribution in [3.05, 3.63) is 82.5 Å². The Balaban J connectivity index is 1.40. The van der Waals surface area contributed by atoms with E-state index in [9.17, 15) is 45.3 Å². The van der Waals surface area contributed by atoms with E-state index in [2.05, 4.69) is 0 Å². The Hall–Kier alpha value is -5.08. The second-order valence-electron chi connectivity index (χ2n) is 9.70. The van der Waals surface area contributed by atoms with E-state index in [0.717, 1.165) is 18.2 Å². The Kier molecular flexibility index (Phi) is 8.23. The summed E-state index contributed by atoms with van der Waals surface area (Å²) in [5, 5.41) is 71.2. The van der Waals surface area contributed by atoms with E-state index >= 15 is 0 Å². The Morgan fingerprint density at radius 3 is 2.33 bits per heavy atom. The lowest BCUT2D eigenvalue weighted by Gasteiger charge is -2.39. The van der Waals surface area contributed by atoms with Crippen LogP contribution in [0.5, 0.6) is 28.7 Å². The first-order chi connectivity index (χ1) is 20.5. The molecule has 3 aliphatic rings. The SMILES string of the molecule is O=c1cc2oc(-c3ccc(O)c(O)c3)c(OC3OC(COC(=[OH+])C=Cc4ccc(O)cc4)C(O)C(O)C3O)cc-2c(O)c1. The molecule has 43 heavy (non-hydrogen) atoms. The molecule has 5 atom stereocenters. The van der Waals surface area contributed by atoms with Gasteiger partial charge in [-0.15, -0.1) is 0 Å². The zero-order valence-corrected chi connectivity index (χ0v) is 22.1. The number of hydrogen-bond acceptors (Lipinski definition) is 12. The van der Waals surface area contributed by atoms with Crippen LogP contribution in [0, 0.1) is 0 Å². The molecule has 13 heteroatoms. The summed E-state index contributed by atoms with van der Waals surface area (Å²) in [5.74, 6) is -2.17. The fourth-order valence-corrected chi connectivity index (χ4v) is 4.37. The Labute approximate surface area is 242 Å². The van der Waals surface area contributed by atoms with Gasteiger partial charge in [0.15, 0.2) is 34.5 Å². The minimum Gasteiger partial charge on any atom is -0.508 e. The lowest BCUT2D eigenvalue weighted by molar-refractivity contribution is -0.276. The highest BCUT2D eigenvalue weighted by Crippen LogP contribution is 2.43. The van der Waals surface area contributed by atoms with Gasteiger partial charge >= 0.3 is 5.97 Å². The van der Waals surface area contributed by atoms with E-state index in [1.165, 1.54) is 42.5 Å². The minimum atomic E-state index is -1.80. The first-order valence-corrected chi connectivity index (χ1v) is 12.9. The van der Waals surface area contributed by atoms with Crippen molar-refractivity contribution < 1.29 is 59.2 Å². The van der Waals surface area contributed by atoms with Gasteiger partial charge in [-0.2, -0.15) is 0 Å². The number of fused-ring (bicyclic) bond motifs is 1. The number of benzene rings is 3. The first kappa shape index (κ1) is 29.4. The van der Waals surface area contributed by atoms with Crippen molar-refractivity contribution in [3.63, 3.8) is 0 Å². The molecule has 0 aromatic heterocycles. The molecular formula is C30H27O13+. The fraction of sp³-hybridized carbons (Fsp3) is 0.200. The molecule has 2 aliphatic heterocycles. The lowest BCUT2D eigenvalue weighted by atomic mass is 9.99. The molecule has 0 saturated carbocycles. The number of hydrogen-bond donors (Lipinski definition) is 7. The summed E-state index contributed by atoms with van der Waals surface area (Å²) >= 11 is 0. The van der Waals surface area contributed by atoms with Crippen molar-refractivity contribution in [3.8, 4) is 51.4 Å². The quantitative estimate of drug-likeness (QED) is 0.0702. The summed E-state index contributed by atoms with van der Waals surface area (Å²) in [6, 6.07) is 13.1. The molecule has 5 rings (SSSR count). The number of esters is 1. The summed E-state index contributed by atoms with van der Waals surface area (Å²) < 4.78 is 22.6. The summed E-state index contributed by atoms with van der Waals surface area (Å²) in [4.78, 5) is 22.1. The predicted molar refractivity (Wildman–Crippen MR) is 149 cm³/mol. The van der Waals surface area contributed by atoms with Gasteiger partial charge in [0.2, 0.25) is 12.9 Å². The van der Waals surface area contributed by atoms with Crippen molar-refractivity contribution >= 4 is 12.0 Å². The number of rotatable bonds is 7. The molecule has 0 bridgehead atoms. The van der Waals surface area contributed by atoms with Gasteiger partial charge in [0, 0.05) is 17.7 Å². The number of phenols is 4. The molecule has 2 aromatic rings. The van der Waals surface area contributed by atoms with Crippen LogP contribution in [-0.2, 0) is 9.47 Å². The fourth-order valence-electron chi connectivity index (χ4n) is 4.37. The number of aliphatic hydroxyl groups excluding tert-OH is 3. The van der Waals surface area contributed by atoms with Crippen molar-refractivity contribution in [1.29, 1.82) is 0 Å². The zero-order chi connectivity index (χ0) is 30.8. The molecule has 13 nitrogen and oxygen atoms in total. The maximum absolute atomic E-state index is 12.0. The highest BCUT2D eigenvalue weighted by molar-refractivity contribution is 5.88. The third-order valence-corrected chi connectivity index (χ3v) is 6.66. The molecule has 224 valence electrons. The molecule has 5 unspecified atom stereocenters. The zero-order valence-electron chi connectivity index (χ0n) is 22.1. The molecule has 8 N–H and O–H groups in total. The molecule has 2 heterocycles. The molecule has 2 aromatic carbocycles. The summed E-state index contributed by atoms with van der Waals surface area (Å²) in [5.41, 5.74) is 0.302. The van der Waals surface area contributed by atoms with Crippen LogP contribution in [0.4, 0.5) is 0 Å². The summed E-state index contributed by atoms with van der Waals surface area (Å²) in [6.07, 6.45) is -5.49. The van der Waals surface area contributed by atoms with E-state index in [0.29, 0.717) is 5.56 Å². The van der Waals surface area contributed by atoms with E-state index in [4.69, 9.17) is 18.6 Å². The molecule has 0 amide bonds. The number of aromatic hydroxyl groups is 4.